The van der Waals surface area contributed by atoms with Gasteiger partial charge in [-0.1, -0.05) is 35.9 Å². The first-order valence-corrected chi connectivity index (χ1v) is 8.32. The fraction of sp³-hybridized carbons (Fsp3) is 0.368. The van der Waals surface area contributed by atoms with Crippen LogP contribution in [0.2, 0.25) is 5.02 Å². The number of hydrogen-bond donors (Lipinski definition) is 1. The Hall–Kier alpha value is -1.51. The Balaban J connectivity index is 1.94. The van der Waals surface area contributed by atoms with Crippen LogP contribution >= 0.6 is 11.6 Å². The van der Waals surface area contributed by atoms with Crippen molar-refractivity contribution in [2.75, 3.05) is 13.6 Å². The maximum absolute atomic E-state index is 10.1. The van der Waals surface area contributed by atoms with E-state index in [2.05, 4.69) is 36.2 Å². The van der Waals surface area contributed by atoms with Crippen molar-refractivity contribution < 1.29 is 5.11 Å². The summed E-state index contributed by atoms with van der Waals surface area (Å²) in [5.41, 5.74) is 5.39. The van der Waals surface area contributed by atoms with Crippen molar-refractivity contribution in [1.82, 2.24) is 4.90 Å². The van der Waals surface area contributed by atoms with Gasteiger partial charge < -0.3 is 10.0 Å². The molecule has 3 heteroatoms. The Kier molecular flexibility index (Phi) is 3.39. The molecular formula is C19H20ClNO. The molecule has 0 radical (unpaired) electrons. The average Bonchev–Trinajstić information content (AvgIpc) is 2.67. The van der Waals surface area contributed by atoms with Gasteiger partial charge in [0.25, 0.3) is 0 Å². The van der Waals surface area contributed by atoms with Gasteiger partial charge in [-0.25, -0.2) is 0 Å². The van der Waals surface area contributed by atoms with Gasteiger partial charge in [-0.05, 0) is 60.7 Å². The van der Waals surface area contributed by atoms with Crippen LogP contribution in [0.1, 0.15) is 34.6 Å². The summed E-state index contributed by atoms with van der Waals surface area (Å²) in [6, 6.07) is 13.1. The van der Waals surface area contributed by atoms with E-state index in [1.807, 2.05) is 12.1 Å². The molecule has 1 aliphatic carbocycles. The van der Waals surface area contributed by atoms with Crippen LogP contribution in [-0.2, 0) is 12.8 Å². The highest BCUT2D eigenvalue weighted by Gasteiger charge is 2.36. The van der Waals surface area contributed by atoms with Gasteiger partial charge >= 0.3 is 0 Å². The molecule has 2 aliphatic rings. The zero-order chi connectivity index (χ0) is 15.3. The minimum atomic E-state index is 0.199. The summed E-state index contributed by atoms with van der Waals surface area (Å²) in [6.07, 6.45) is 3.27. The van der Waals surface area contributed by atoms with Crippen molar-refractivity contribution in [3.63, 3.8) is 0 Å². The van der Waals surface area contributed by atoms with Crippen LogP contribution in [0.25, 0.3) is 0 Å². The number of halogens is 1. The van der Waals surface area contributed by atoms with Gasteiger partial charge in [-0.15, -0.1) is 0 Å². The van der Waals surface area contributed by atoms with Crippen molar-refractivity contribution in [2.45, 2.75) is 31.2 Å². The number of likely N-dealkylation sites (N-methyl/N-ethyl adjacent to an activating group) is 1. The monoisotopic (exact) mass is 313 g/mol. The first kappa shape index (κ1) is 14.1. The number of fused-ring (bicyclic) bond motifs is 5. The molecule has 0 aromatic heterocycles. The highest BCUT2D eigenvalue weighted by Crippen LogP contribution is 2.44. The highest BCUT2D eigenvalue weighted by molar-refractivity contribution is 6.32. The third-order valence-corrected chi connectivity index (χ3v) is 5.63. The van der Waals surface area contributed by atoms with Crippen molar-refractivity contribution in [2.24, 2.45) is 0 Å². The first-order chi connectivity index (χ1) is 10.6. The molecule has 0 bridgehead atoms. The van der Waals surface area contributed by atoms with Crippen LogP contribution < -0.4 is 0 Å². The SMILES string of the molecule is CN1CCc2ccccc2C2c3cc(O)c(Cl)cc3CCC21. The summed E-state index contributed by atoms with van der Waals surface area (Å²) < 4.78 is 0. The second kappa shape index (κ2) is 5.29. The zero-order valence-corrected chi connectivity index (χ0v) is 13.5. The summed E-state index contributed by atoms with van der Waals surface area (Å²) in [5.74, 6) is 0.529. The lowest BCUT2D eigenvalue weighted by Crippen LogP contribution is -2.39. The Morgan fingerprint density at radius 2 is 1.91 bits per heavy atom. The van der Waals surface area contributed by atoms with E-state index < -0.39 is 0 Å². The molecular weight excluding hydrogens is 294 g/mol. The average molecular weight is 314 g/mol. The molecule has 0 fully saturated rings. The summed E-state index contributed by atoms with van der Waals surface area (Å²) in [7, 11) is 2.23. The molecule has 0 saturated heterocycles. The van der Waals surface area contributed by atoms with Gasteiger partial charge in [-0.2, -0.15) is 0 Å². The fourth-order valence-corrected chi connectivity index (χ4v) is 4.37. The van der Waals surface area contributed by atoms with Gasteiger partial charge in [0, 0.05) is 18.5 Å². The van der Waals surface area contributed by atoms with E-state index in [0.29, 0.717) is 17.0 Å². The van der Waals surface area contributed by atoms with Crippen LogP contribution in [-0.4, -0.2) is 29.6 Å². The Morgan fingerprint density at radius 1 is 1.09 bits per heavy atom. The molecule has 0 amide bonds. The van der Waals surface area contributed by atoms with Crippen LogP contribution in [0.4, 0.5) is 0 Å². The third kappa shape index (κ3) is 2.13. The van der Waals surface area contributed by atoms with E-state index in [4.69, 9.17) is 11.6 Å². The normalized spacial score (nSPS) is 24.1. The van der Waals surface area contributed by atoms with Crippen molar-refractivity contribution in [3.8, 4) is 5.75 Å². The van der Waals surface area contributed by atoms with Crippen molar-refractivity contribution >= 4 is 11.6 Å². The highest BCUT2D eigenvalue weighted by atomic mass is 35.5. The van der Waals surface area contributed by atoms with Crippen LogP contribution in [0, 0.1) is 0 Å². The van der Waals surface area contributed by atoms with E-state index in [1.165, 1.54) is 22.3 Å². The lowest BCUT2D eigenvalue weighted by molar-refractivity contribution is 0.214. The summed E-state index contributed by atoms with van der Waals surface area (Å²) in [5, 5.41) is 10.6. The van der Waals surface area contributed by atoms with Crippen LogP contribution in [0.5, 0.6) is 5.75 Å². The van der Waals surface area contributed by atoms with Gasteiger partial charge in [0.05, 0.1) is 5.02 Å². The largest absolute Gasteiger partial charge is 0.506 e. The minimum Gasteiger partial charge on any atom is -0.506 e. The Labute approximate surface area is 136 Å². The number of nitrogens with zero attached hydrogens (tertiary/aromatic N) is 1. The fourth-order valence-electron chi connectivity index (χ4n) is 4.18. The van der Waals surface area contributed by atoms with E-state index in [9.17, 15) is 5.11 Å². The molecule has 0 spiro atoms. The standard InChI is InChI=1S/C19H20ClNO/c1-21-9-8-12-4-2-3-5-14(12)19-15-11-18(22)16(20)10-13(15)6-7-17(19)21/h2-5,10-11,17,19,22H,6-9H2,1H3. The van der Waals surface area contributed by atoms with E-state index in [0.717, 1.165) is 25.8 Å². The number of aryl methyl sites for hydroxylation is 1. The summed E-state index contributed by atoms with van der Waals surface area (Å²) in [6.45, 7) is 1.09. The maximum Gasteiger partial charge on any atom is 0.134 e. The summed E-state index contributed by atoms with van der Waals surface area (Å²) >= 11 is 6.12. The second-order valence-corrected chi connectivity index (χ2v) is 6.92. The Bertz CT molecular complexity index is 727. The van der Waals surface area contributed by atoms with Crippen molar-refractivity contribution in [3.05, 3.63) is 63.7 Å². The van der Waals surface area contributed by atoms with Gasteiger partial charge in [0.1, 0.15) is 5.75 Å². The molecule has 2 nitrogen and oxygen atoms in total. The number of benzene rings is 2. The zero-order valence-electron chi connectivity index (χ0n) is 12.7. The molecule has 0 saturated carbocycles. The lowest BCUT2D eigenvalue weighted by atomic mass is 9.74. The Morgan fingerprint density at radius 3 is 2.77 bits per heavy atom. The number of hydrogen-bond acceptors (Lipinski definition) is 2. The number of aromatic hydroxyl groups is 1. The molecule has 2 aromatic rings. The predicted octanol–water partition coefficient (Wildman–Crippen LogP) is 3.98. The molecule has 1 aliphatic heterocycles. The molecule has 22 heavy (non-hydrogen) atoms. The van der Waals surface area contributed by atoms with Gasteiger partial charge in [0.15, 0.2) is 0 Å². The number of phenols is 1. The molecule has 2 aromatic carbocycles. The molecule has 1 N–H and O–H groups in total. The predicted molar refractivity (Wildman–Crippen MR) is 89.8 cm³/mol. The van der Waals surface area contributed by atoms with Crippen LogP contribution in [0.3, 0.4) is 0 Å². The number of rotatable bonds is 0. The molecule has 114 valence electrons. The summed E-state index contributed by atoms with van der Waals surface area (Å²) in [4.78, 5) is 2.49. The van der Waals surface area contributed by atoms with Crippen molar-refractivity contribution in [1.29, 1.82) is 0 Å². The quantitative estimate of drug-likeness (QED) is 0.795. The van der Waals surface area contributed by atoms with Crippen LogP contribution in [0.15, 0.2) is 36.4 Å². The van der Waals surface area contributed by atoms with E-state index in [1.54, 1.807) is 0 Å². The number of phenolic OH excluding ortho intramolecular Hbond substituents is 1. The van der Waals surface area contributed by atoms with Gasteiger partial charge in [-0.3, -0.25) is 0 Å². The van der Waals surface area contributed by atoms with E-state index >= 15 is 0 Å². The molecule has 1 heterocycles. The lowest BCUT2D eigenvalue weighted by Gasteiger charge is -2.38. The smallest absolute Gasteiger partial charge is 0.134 e. The second-order valence-electron chi connectivity index (χ2n) is 6.52. The molecule has 4 rings (SSSR count). The molecule has 2 unspecified atom stereocenters. The first-order valence-electron chi connectivity index (χ1n) is 7.94. The topological polar surface area (TPSA) is 23.5 Å². The third-order valence-electron chi connectivity index (χ3n) is 5.33. The minimum absolute atomic E-state index is 0.199. The van der Waals surface area contributed by atoms with E-state index in [-0.39, 0.29) is 5.75 Å². The maximum atomic E-state index is 10.1. The molecule has 2 atom stereocenters. The van der Waals surface area contributed by atoms with Gasteiger partial charge in [0.2, 0.25) is 0 Å².